The van der Waals surface area contributed by atoms with Crippen LogP contribution >= 0.6 is 0 Å². The second-order valence-electron chi connectivity index (χ2n) is 5.22. The van der Waals surface area contributed by atoms with Gasteiger partial charge in [0.05, 0.1) is 12.5 Å². The highest BCUT2D eigenvalue weighted by Crippen LogP contribution is 2.20. The van der Waals surface area contributed by atoms with E-state index in [0.29, 0.717) is 23.2 Å². The molecule has 3 aromatic rings. The van der Waals surface area contributed by atoms with Crippen LogP contribution in [0.15, 0.2) is 47.3 Å². The number of nitrogens with one attached hydrogen (secondary N) is 2. The molecule has 0 radical (unpaired) electrons. The first-order valence-corrected chi connectivity index (χ1v) is 7.22. The second-order valence-corrected chi connectivity index (χ2v) is 5.22. The lowest BCUT2D eigenvalue weighted by molar-refractivity contribution is 0.238. The third-order valence-corrected chi connectivity index (χ3v) is 3.80. The highest BCUT2D eigenvalue weighted by molar-refractivity contribution is 5.88. The number of benzene rings is 2. The SMILES string of the molecule is COc1cccc2c(=O)n(C(=O)NCc3ccccc3C)[nH]c12. The Bertz CT molecular complexity index is 924. The van der Waals surface area contributed by atoms with Gasteiger partial charge in [-0.2, -0.15) is 4.68 Å². The average molecular weight is 311 g/mol. The molecule has 0 atom stereocenters. The summed E-state index contributed by atoms with van der Waals surface area (Å²) in [5.41, 5.74) is 2.19. The first-order valence-electron chi connectivity index (χ1n) is 7.22. The fourth-order valence-electron chi connectivity index (χ4n) is 2.48. The maximum Gasteiger partial charge on any atom is 0.343 e. The molecule has 0 aliphatic heterocycles. The highest BCUT2D eigenvalue weighted by Gasteiger charge is 2.15. The molecule has 2 aromatic carbocycles. The Hall–Kier alpha value is -3.02. The second kappa shape index (κ2) is 6.00. The van der Waals surface area contributed by atoms with Crippen molar-refractivity contribution in [2.75, 3.05) is 7.11 Å². The largest absolute Gasteiger partial charge is 0.494 e. The molecule has 118 valence electrons. The van der Waals surface area contributed by atoms with Crippen molar-refractivity contribution < 1.29 is 9.53 Å². The van der Waals surface area contributed by atoms with E-state index in [4.69, 9.17) is 4.74 Å². The minimum Gasteiger partial charge on any atom is -0.494 e. The van der Waals surface area contributed by atoms with Gasteiger partial charge in [0.1, 0.15) is 11.3 Å². The van der Waals surface area contributed by atoms with Crippen LogP contribution in [-0.2, 0) is 6.54 Å². The topological polar surface area (TPSA) is 76.1 Å². The van der Waals surface area contributed by atoms with E-state index in [1.165, 1.54) is 7.11 Å². The summed E-state index contributed by atoms with van der Waals surface area (Å²) in [7, 11) is 1.52. The van der Waals surface area contributed by atoms with Crippen molar-refractivity contribution in [2.24, 2.45) is 0 Å². The number of aromatic nitrogens is 2. The van der Waals surface area contributed by atoms with E-state index in [9.17, 15) is 9.59 Å². The molecule has 0 aliphatic rings. The predicted molar refractivity (Wildman–Crippen MR) is 87.9 cm³/mol. The van der Waals surface area contributed by atoms with E-state index >= 15 is 0 Å². The van der Waals surface area contributed by atoms with E-state index in [-0.39, 0.29) is 0 Å². The van der Waals surface area contributed by atoms with Crippen molar-refractivity contribution in [2.45, 2.75) is 13.5 Å². The zero-order valence-electron chi connectivity index (χ0n) is 12.9. The lowest BCUT2D eigenvalue weighted by atomic mass is 10.1. The van der Waals surface area contributed by atoms with Crippen LogP contribution in [0.5, 0.6) is 5.75 Å². The molecule has 3 rings (SSSR count). The molecule has 0 aliphatic carbocycles. The van der Waals surface area contributed by atoms with Crippen molar-refractivity contribution in [3.8, 4) is 5.75 Å². The van der Waals surface area contributed by atoms with Gasteiger partial charge in [-0.1, -0.05) is 30.3 Å². The monoisotopic (exact) mass is 311 g/mol. The zero-order chi connectivity index (χ0) is 16.4. The van der Waals surface area contributed by atoms with Crippen molar-refractivity contribution in [3.63, 3.8) is 0 Å². The number of para-hydroxylation sites is 1. The summed E-state index contributed by atoms with van der Waals surface area (Å²) in [6, 6.07) is 12.4. The van der Waals surface area contributed by atoms with Crippen LogP contribution in [0.2, 0.25) is 0 Å². The van der Waals surface area contributed by atoms with E-state index in [0.717, 1.165) is 15.8 Å². The molecule has 1 heterocycles. The average Bonchev–Trinajstić information content (AvgIpc) is 2.91. The molecule has 0 bridgehead atoms. The quantitative estimate of drug-likeness (QED) is 0.780. The molecule has 6 nitrogen and oxygen atoms in total. The Balaban J connectivity index is 1.88. The summed E-state index contributed by atoms with van der Waals surface area (Å²) >= 11 is 0. The summed E-state index contributed by atoms with van der Waals surface area (Å²) in [4.78, 5) is 24.6. The zero-order valence-corrected chi connectivity index (χ0v) is 12.9. The lowest BCUT2D eigenvalue weighted by Gasteiger charge is -2.07. The molecule has 0 spiro atoms. The summed E-state index contributed by atoms with van der Waals surface area (Å²) < 4.78 is 6.17. The van der Waals surface area contributed by atoms with Crippen LogP contribution in [0.3, 0.4) is 0 Å². The third kappa shape index (κ3) is 2.70. The molecular weight excluding hydrogens is 294 g/mol. The van der Waals surface area contributed by atoms with Gasteiger partial charge < -0.3 is 10.1 Å². The standard InChI is InChI=1S/C17H17N3O3/c1-11-6-3-4-7-12(11)10-18-17(22)20-16(21)13-8-5-9-14(23-2)15(13)19-20/h3-9,19H,10H2,1-2H3,(H,18,22). The number of H-pyrrole nitrogens is 1. The van der Waals surface area contributed by atoms with Gasteiger partial charge in [-0.15, -0.1) is 0 Å². The van der Waals surface area contributed by atoms with Crippen molar-refractivity contribution in [1.82, 2.24) is 15.1 Å². The van der Waals surface area contributed by atoms with E-state index < -0.39 is 11.6 Å². The number of nitrogens with zero attached hydrogens (tertiary/aromatic N) is 1. The van der Waals surface area contributed by atoms with Gasteiger partial charge in [-0.05, 0) is 30.2 Å². The molecule has 0 unspecified atom stereocenters. The summed E-state index contributed by atoms with van der Waals surface area (Å²) in [5.74, 6) is 0.519. The van der Waals surface area contributed by atoms with Crippen LogP contribution in [-0.4, -0.2) is 22.9 Å². The number of ether oxygens (including phenoxy) is 1. The van der Waals surface area contributed by atoms with Crippen molar-refractivity contribution >= 4 is 16.9 Å². The molecular formula is C17H17N3O3. The number of aryl methyl sites for hydroxylation is 1. The number of fused-ring (bicyclic) bond motifs is 1. The Morgan fingerprint density at radius 2 is 2.00 bits per heavy atom. The van der Waals surface area contributed by atoms with Gasteiger partial charge in [0.15, 0.2) is 0 Å². The van der Waals surface area contributed by atoms with E-state index in [1.54, 1.807) is 18.2 Å². The molecule has 0 saturated heterocycles. The Labute approximate surface area is 132 Å². The minimum atomic E-state index is -0.503. The molecule has 1 amide bonds. The fourth-order valence-corrected chi connectivity index (χ4v) is 2.48. The molecule has 23 heavy (non-hydrogen) atoms. The highest BCUT2D eigenvalue weighted by atomic mass is 16.5. The van der Waals surface area contributed by atoms with Gasteiger partial charge in [0.25, 0.3) is 5.56 Å². The first kappa shape index (κ1) is 14.9. The van der Waals surface area contributed by atoms with Crippen LogP contribution in [0.4, 0.5) is 4.79 Å². The normalized spacial score (nSPS) is 10.7. The summed E-state index contributed by atoms with van der Waals surface area (Å²) in [5, 5.41) is 5.96. The maximum atomic E-state index is 12.3. The van der Waals surface area contributed by atoms with Crippen LogP contribution < -0.4 is 15.6 Å². The molecule has 1 aromatic heterocycles. The van der Waals surface area contributed by atoms with Crippen LogP contribution in [0.25, 0.3) is 10.9 Å². The van der Waals surface area contributed by atoms with E-state index in [1.807, 2.05) is 31.2 Å². The van der Waals surface area contributed by atoms with Gasteiger partial charge in [-0.25, -0.2) is 4.79 Å². The Morgan fingerprint density at radius 3 is 2.74 bits per heavy atom. The van der Waals surface area contributed by atoms with Crippen LogP contribution in [0.1, 0.15) is 11.1 Å². The number of carbonyl (C=O) groups excluding carboxylic acids is 1. The molecule has 6 heteroatoms. The smallest absolute Gasteiger partial charge is 0.343 e. The Kier molecular flexibility index (Phi) is 3.89. The maximum absolute atomic E-state index is 12.3. The number of amides is 1. The van der Waals surface area contributed by atoms with E-state index in [2.05, 4.69) is 10.4 Å². The number of carbonyl (C=O) groups is 1. The molecule has 0 fully saturated rings. The third-order valence-electron chi connectivity index (χ3n) is 3.80. The number of hydrogen-bond donors (Lipinski definition) is 2. The number of aromatic amines is 1. The molecule has 2 N–H and O–H groups in total. The predicted octanol–water partition coefficient (Wildman–Crippen LogP) is 2.40. The Morgan fingerprint density at radius 1 is 1.22 bits per heavy atom. The van der Waals surface area contributed by atoms with Gasteiger partial charge in [0.2, 0.25) is 0 Å². The van der Waals surface area contributed by atoms with Crippen molar-refractivity contribution in [3.05, 3.63) is 63.9 Å². The molecule has 0 saturated carbocycles. The van der Waals surface area contributed by atoms with Gasteiger partial charge in [-0.3, -0.25) is 9.89 Å². The van der Waals surface area contributed by atoms with Crippen LogP contribution in [0, 0.1) is 6.92 Å². The number of methoxy groups -OCH3 is 1. The number of hydrogen-bond acceptors (Lipinski definition) is 3. The number of rotatable bonds is 3. The lowest BCUT2D eigenvalue weighted by Crippen LogP contribution is -2.35. The van der Waals surface area contributed by atoms with Crippen molar-refractivity contribution in [1.29, 1.82) is 0 Å². The summed E-state index contributed by atoms with van der Waals surface area (Å²) in [6.07, 6.45) is 0. The van der Waals surface area contributed by atoms with Gasteiger partial charge in [0, 0.05) is 6.54 Å². The fraction of sp³-hybridized carbons (Fsp3) is 0.176. The van der Waals surface area contributed by atoms with Gasteiger partial charge >= 0.3 is 6.03 Å². The minimum absolute atomic E-state index is 0.352. The first-order chi connectivity index (χ1) is 11.1. The summed E-state index contributed by atoms with van der Waals surface area (Å²) in [6.45, 7) is 2.33.